The molecule has 0 aromatic heterocycles. The minimum atomic E-state index is -0.138. The Hall–Kier alpha value is -0.650. The van der Waals surface area contributed by atoms with E-state index in [4.69, 9.17) is 5.84 Å². The molecule has 5 nitrogen and oxygen atoms in total. The van der Waals surface area contributed by atoms with Crippen molar-refractivity contribution in [2.45, 2.75) is 44.8 Å². The van der Waals surface area contributed by atoms with Gasteiger partial charge in [-0.05, 0) is 26.2 Å². The number of nitrogens with zero attached hydrogens (tertiary/aromatic N) is 1. The van der Waals surface area contributed by atoms with E-state index in [1.54, 1.807) is 0 Å². The fourth-order valence-electron chi connectivity index (χ4n) is 1.92. The highest BCUT2D eigenvalue weighted by molar-refractivity contribution is 5.75. The number of aliphatic hydroxyl groups is 1. The second kappa shape index (κ2) is 6.05. The van der Waals surface area contributed by atoms with Gasteiger partial charge in [-0.2, -0.15) is 0 Å². The second-order valence-corrected chi connectivity index (χ2v) is 4.22. The summed E-state index contributed by atoms with van der Waals surface area (Å²) in [5.74, 6) is 4.90. The molecule has 0 bridgehead atoms. The molecular weight excluding hydrogens is 194 g/mol. The molecule has 0 aliphatic carbocycles. The van der Waals surface area contributed by atoms with Crippen LogP contribution in [0, 0.1) is 0 Å². The van der Waals surface area contributed by atoms with E-state index < -0.39 is 0 Å². The number of piperidine rings is 1. The Labute approximate surface area is 90.6 Å². The molecule has 1 saturated heterocycles. The molecule has 1 atom stereocenters. The van der Waals surface area contributed by atoms with E-state index in [1.807, 2.05) is 0 Å². The molecule has 15 heavy (non-hydrogen) atoms. The molecule has 1 rings (SSSR count). The smallest absolute Gasteiger partial charge is 0.233 e. The summed E-state index contributed by atoms with van der Waals surface area (Å²) < 4.78 is 0. The lowest BCUT2D eigenvalue weighted by molar-refractivity contribution is -0.121. The first-order valence-corrected chi connectivity index (χ1v) is 5.55. The van der Waals surface area contributed by atoms with E-state index in [0.717, 1.165) is 32.4 Å². The number of carbonyl (C=O) groups is 1. The minimum absolute atomic E-state index is 0.112. The molecule has 1 aliphatic rings. The van der Waals surface area contributed by atoms with Gasteiger partial charge in [0.15, 0.2) is 0 Å². The fourth-order valence-corrected chi connectivity index (χ4v) is 1.92. The van der Waals surface area contributed by atoms with Gasteiger partial charge < -0.3 is 10.0 Å². The number of hydrazine groups is 1. The number of hydrogen-bond acceptors (Lipinski definition) is 4. The average Bonchev–Trinajstić information content (AvgIpc) is 2.26. The van der Waals surface area contributed by atoms with Crippen LogP contribution in [0.2, 0.25) is 0 Å². The van der Waals surface area contributed by atoms with E-state index in [2.05, 4.69) is 17.2 Å². The summed E-state index contributed by atoms with van der Waals surface area (Å²) in [6, 6.07) is 0.384. The highest BCUT2D eigenvalue weighted by atomic mass is 16.3. The molecule has 4 N–H and O–H groups in total. The molecule has 0 aromatic carbocycles. The topological polar surface area (TPSA) is 78.6 Å². The predicted octanol–water partition coefficient (Wildman–Crippen LogP) is -0.398. The van der Waals surface area contributed by atoms with E-state index in [9.17, 15) is 9.90 Å². The van der Waals surface area contributed by atoms with Crippen LogP contribution in [0.5, 0.6) is 0 Å². The van der Waals surface area contributed by atoms with Crippen molar-refractivity contribution in [1.29, 1.82) is 0 Å². The minimum Gasteiger partial charge on any atom is -0.393 e. The molecule has 5 heteroatoms. The number of aliphatic hydroxyl groups excluding tert-OH is 1. The van der Waals surface area contributed by atoms with E-state index in [-0.39, 0.29) is 12.0 Å². The molecule has 88 valence electrons. The maximum Gasteiger partial charge on any atom is 0.233 e. The summed E-state index contributed by atoms with van der Waals surface area (Å²) in [5, 5.41) is 9.36. The Balaban J connectivity index is 2.22. The molecular formula is C10H21N3O2. The van der Waals surface area contributed by atoms with Gasteiger partial charge in [0.2, 0.25) is 5.91 Å². The summed E-state index contributed by atoms with van der Waals surface area (Å²) in [6.07, 6.45) is 2.83. The quantitative estimate of drug-likeness (QED) is 0.339. The first-order valence-electron chi connectivity index (χ1n) is 5.55. The van der Waals surface area contributed by atoms with Crippen LogP contribution in [0.3, 0.4) is 0 Å². The Bertz CT molecular complexity index is 203. The third kappa shape index (κ3) is 4.15. The zero-order valence-corrected chi connectivity index (χ0v) is 9.28. The van der Waals surface area contributed by atoms with Crippen molar-refractivity contribution in [1.82, 2.24) is 10.3 Å². The van der Waals surface area contributed by atoms with E-state index in [0.29, 0.717) is 12.5 Å². The number of hydrogen-bond donors (Lipinski definition) is 3. The van der Waals surface area contributed by atoms with Crippen LogP contribution in [0.25, 0.3) is 0 Å². The van der Waals surface area contributed by atoms with Gasteiger partial charge in [0, 0.05) is 25.6 Å². The van der Waals surface area contributed by atoms with Gasteiger partial charge in [0.1, 0.15) is 0 Å². The van der Waals surface area contributed by atoms with Crippen LogP contribution in [0.15, 0.2) is 0 Å². The monoisotopic (exact) mass is 215 g/mol. The van der Waals surface area contributed by atoms with Crippen molar-refractivity contribution in [2.24, 2.45) is 5.84 Å². The van der Waals surface area contributed by atoms with Gasteiger partial charge in [-0.25, -0.2) is 5.84 Å². The maximum absolute atomic E-state index is 11.0. The Morgan fingerprint density at radius 1 is 1.60 bits per heavy atom. The van der Waals surface area contributed by atoms with Crippen LogP contribution in [-0.2, 0) is 4.79 Å². The summed E-state index contributed by atoms with van der Waals surface area (Å²) in [7, 11) is 0. The first kappa shape index (κ1) is 12.4. The molecule has 0 aromatic rings. The third-order valence-corrected chi connectivity index (χ3v) is 3.07. The normalized spacial score (nSPS) is 21.3. The van der Waals surface area contributed by atoms with Crippen LogP contribution in [0.4, 0.5) is 0 Å². The SMILES string of the molecule is CC(CCC(=O)NN)N1CCC(O)CC1. The standard InChI is InChI=1S/C10H21N3O2/c1-8(2-3-10(15)12-11)13-6-4-9(14)5-7-13/h8-9,14H,2-7,11H2,1H3,(H,12,15). The number of nitrogens with two attached hydrogens (primary N) is 1. The van der Waals surface area contributed by atoms with Crippen LogP contribution in [0.1, 0.15) is 32.6 Å². The first-order chi connectivity index (χ1) is 7.13. The van der Waals surface area contributed by atoms with Gasteiger partial charge in [-0.1, -0.05) is 0 Å². The van der Waals surface area contributed by atoms with Crippen LogP contribution >= 0.6 is 0 Å². The van der Waals surface area contributed by atoms with Crippen molar-refractivity contribution >= 4 is 5.91 Å². The van der Waals surface area contributed by atoms with E-state index in [1.165, 1.54) is 0 Å². The number of likely N-dealkylation sites (tertiary alicyclic amines) is 1. The van der Waals surface area contributed by atoms with Crippen molar-refractivity contribution < 1.29 is 9.90 Å². The molecule has 0 radical (unpaired) electrons. The van der Waals surface area contributed by atoms with Gasteiger partial charge >= 0.3 is 0 Å². The summed E-state index contributed by atoms with van der Waals surface area (Å²) in [4.78, 5) is 13.3. The predicted molar refractivity (Wildman–Crippen MR) is 57.8 cm³/mol. The average molecular weight is 215 g/mol. The van der Waals surface area contributed by atoms with Gasteiger partial charge in [0.05, 0.1) is 6.10 Å². The highest BCUT2D eigenvalue weighted by Gasteiger charge is 2.21. The zero-order chi connectivity index (χ0) is 11.3. The Morgan fingerprint density at radius 3 is 2.73 bits per heavy atom. The summed E-state index contributed by atoms with van der Waals surface area (Å²) >= 11 is 0. The fraction of sp³-hybridized carbons (Fsp3) is 0.900. The van der Waals surface area contributed by atoms with Gasteiger partial charge in [0.25, 0.3) is 0 Å². The largest absolute Gasteiger partial charge is 0.393 e. The number of rotatable bonds is 4. The Kier molecular flexibility index (Phi) is 5.01. The highest BCUT2D eigenvalue weighted by Crippen LogP contribution is 2.15. The van der Waals surface area contributed by atoms with Crippen molar-refractivity contribution in [3.8, 4) is 0 Å². The molecule has 1 amide bonds. The molecule has 0 saturated carbocycles. The lowest BCUT2D eigenvalue weighted by Crippen LogP contribution is -2.42. The molecule has 1 heterocycles. The molecule has 1 aliphatic heterocycles. The summed E-state index contributed by atoms with van der Waals surface area (Å²) in [6.45, 7) is 3.96. The van der Waals surface area contributed by atoms with Crippen LogP contribution in [-0.4, -0.2) is 41.1 Å². The second-order valence-electron chi connectivity index (χ2n) is 4.22. The number of amides is 1. The maximum atomic E-state index is 11.0. The molecule has 1 fully saturated rings. The molecule has 1 unspecified atom stereocenters. The molecule has 0 spiro atoms. The van der Waals surface area contributed by atoms with Crippen molar-refractivity contribution in [2.75, 3.05) is 13.1 Å². The van der Waals surface area contributed by atoms with Gasteiger partial charge in [-0.3, -0.25) is 10.2 Å². The lowest BCUT2D eigenvalue weighted by Gasteiger charge is -2.34. The Morgan fingerprint density at radius 2 is 2.20 bits per heavy atom. The zero-order valence-electron chi connectivity index (χ0n) is 9.28. The van der Waals surface area contributed by atoms with Crippen molar-refractivity contribution in [3.05, 3.63) is 0 Å². The van der Waals surface area contributed by atoms with Gasteiger partial charge in [-0.15, -0.1) is 0 Å². The number of carbonyl (C=O) groups excluding carboxylic acids is 1. The van der Waals surface area contributed by atoms with E-state index >= 15 is 0 Å². The lowest BCUT2D eigenvalue weighted by atomic mass is 10.0. The third-order valence-electron chi connectivity index (χ3n) is 3.07. The number of nitrogens with one attached hydrogen (secondary N) is 1. The van der Waals surface area contributed by atoms with Crippen molar-refractivity contribution in [3.63, 3.8) is 0 Å². The summed E-state index contributed by atoms with van der Waals surface area (Å²) in [5.41, 5.74) is 2.13. The van der Waals surface area contributed by atoms with Crippen LogP contribution < -0.4 is 11.3 Å².